The molecule has 0 radical (unpaired) electrons. The molecule has 21 heavy (non-hydrogen) atoms. The molecule has 6 heteroatoms. The van der Waals surface area contributed by atoms with Gasteiger partial charge >= 0.3 is 5.97 Å². The summed E-state index contributed by atoms with van der Waals surface area (Å²) in [6.07, 6.45) is 4.41. The van der Waals surface area contributed by atoms with Gasteiger partial charge in [0.05, 0.1) is 0 Å². The van der Waals surface area contributed by atoms with E-state index in [0.29, 0.717) is 12.0 Å². The molecule has 1 atom stereocenters. The van der Waals surface area contributed by atoms with Crippen molar-refractivity contribution in [1.29, 1.82) is 0 Å². The number of carbonyl (C=O) groups excluding carboxylic acids is 1. The van der Waals surface area contributed by atoms with Crippen molar-refractivity contribution >= 4 is 43.7 Å². The standard InChI is InChI=1S/C15H19Br2NO3/c1-2-3-4-5-6-13(15(20)21)18-14(19)10-7-11(16)9-12(17)8-10/h7-9,13H,2-6H2,1H3,(H,18,19)(H,20,21)/t13-/m0/s1. The van der Waals surface area contributed by atoms with Crippen molar-refractivity contribution in [3.05, 3.63) is 32.7 Å². The Labute approximate surface area is 141 Å². The summed E-state index contributed by atoms with van der Waals surface area (Å²) in [5.41, 5.74) is 0.427. The number of hydrogen-bond acceptors (Lipinski definition) is 2. The van der Waals surface area contributed by atoms with E-state index >= 15 is 0 Å². The maximum atomic E-state index is 12.1. The zero-order valence-electron chi connectivity index (χ0n) is 11.9. The minimum atomic E-state index is -0.992. The van der Waals surface area contributed by atoms with Gasteiger partial charge in [0, 0.05) is 14.5 Å². The average molecular weight is 421 g/mol. The van der Waals surface area contributed by atoms with Gasteiger partial charge in [-0.3, -0.25) is 4.79 Å². The van der Waals surface area contributed by atoms with E-state index in [0.717, 1.165) is 34.6 Å². The number of nitrogens with one attached hydrogen (secondary N) is 1. The summed E-state index contributed by atoms with van der Waals surface area (Å²) in [4.78, 5) is 23.4. The highest BCUT2D eigenvalue weighted by Crippen LogP contribution is 2.20. The highest BCUT2D eigenvalue weighted by molar-refractivity contribution is 9.11. The third kappa shape index (κ3) is 6.61. The molecule has 1 amide bonds. The van der Waals surface area contributed by atoms with Crippen LogP contribution in [0.2, 0.25) is 0 Å². The van der Waals surface area contributed by atoms with Gasteiger partial charge in [0.25, 0.3) is 5.91 Å². The van der Waals surface area contributed by atoms with E-state index in [1.165, 1.54) is 0 Å². The van der Waals surface area contributed by atoms with Gasteiger partial charge < -0.3 is 10.4 Å². The molecular weight excluding hydrogens is 402 g/mol. The molecule has 0 unspecified atom stereocenters. The van der Waals surface area contributed by atoms with Gasteiger partial charge in [-0.25, -0.2) is 4.79 Å². The number of hydrogen-bond donors (Lipinski definition) is 2. The number of carbonyl (C=O) groups is 2. The molecule has 116 valence electrons. The van der Waals surface area contributed by atoms with Gasteiger partial charge in [0.1, 0.15) is 6.04 Å². The van der Waals surface area contributed by atoms with Crippen LogP contribution in [0.4, 0.5) is 0 Å². The normalized spacial score (nSPS) is 12.0. The second-order valence-corrected chi connectivity index (χ2v) is 6.70. The predicted molar refractivity (Wildman–Crippen MR) is 89.5 cm³/mol. The summed E-state index contributed by atoms with van der Waals surface area (Å²) in [5.74, 6) is -1.37. The Balaban J connectivity index is 2.65. The molecule has 1 aromatic rings. The zero-order chi connectivity index (χ0) is 15.8. The van der Waals surface area contributed by atoms with Crippen LogP contribution in [0, 0.1) is 0 Å². The van der Waals surface area contributed by atoms with E-state index in [9.17, 15) is 14.7 Å². The second kappa shape index (κ2) is 9.20. The molecule has 0 fully saturated rings. The van der Waals surface area contributed by atoms with Crippen LogP contribution >= 0.6 is 31.9 Å². The molecule has 0 heterocycles. The first-order valence-corrected chi connectivity index (χ1v) is 8.52. The fourth-order valence-corrected chi connectivity index (χ4v) is 3.25. The summed E-state index contributed by atoms with van der Waals surface area (Å²) in [6, 6.07) is 4.30. The molecule has 1 aromatic carbocycles. The fourth-order valence-electron chi connectivity index (χ4n) is 1.96. The van der Waals surface area contributed by atoms with Crippen molar-refractivity contribution in [2.75, 3.05) is 0 Å². The number of rotatable bonds is 8. The Bertz CT molecular complexity index is 485. The van der Waals surface area contributed by atoms with E-state index < -0.39 is 12.0 Å². The van der Waals surface area contributed by atoms with Gasteiger partial charge in [-0.05, 0) is 24.6 Å². The second-order valence-electron chi connectivity index (χ2n) is 4.87. The minimum Gasteiger partial charge on any atom is -0.480 e. The van der Waals surface area contributed by atoms with Gasteiger partial charge in [-0.2, -0.15) is 0 Å². The summed E-state index contributed by atoms with van der Waals surface area (Å²) < 4.78 is 1.52. The first kappa shape index (κ1) is 18.2. The van der Waals surface area contributed by atoms with Crippen LogP contribution in [0.3, 0.4) is 0 Å². The van der Waals surface area contributed by atoms with Crippen molar-refractivity contribution in [1.82, 2.24) is 5.32 Å². The fraction of sp³-hybridized carbons (Fsp3) is 0.467. The van der Waals surface area contributed by atoms with Crippen molar-refractivity contribution in [2.24, 2.45) is 0 Å². The highest BCUT2D eigenvalue weighted by atomic mass is 79.9. The predicted octanol–water partition coefficient (Wildman–Crippen LogP) is 4.37. The largest absolute Gasteiger partial charge is 0.480 e. The van der Waals surface area contributed by atoms with Crippen LogP contribution in [0.25, 0.3) is 0 Å². The first-order valence-electron chi connectivity index (χ1n) is 6.93. The van der Waals surface area contributed by atoms with E-state index in [1.807, 2.05) is 6.07 Å². The topological polar surface area (TPSA) is 66.4 Å². The molecule has 0 spiro atoms. The maximum Gasteiger partial charge on any atom is 0.326 e. The van der Waals surface area contributed by atoms with Gasteiger partial charge in [0.15, 0.2) is 0 Å². The highest BCUT2D eigenvalue weighted by Gasteiger charge is 2.20. The van der Waals surface area contributed by atoms with Crippen molar-refractivity contribution in [2.45, 2.75) is 45.1 Å². The third-order valence-electron chi connectivity index (χ3n) is 3.07. The Morgan fingerprint density at radius 3 is 2.29 bits per heavy atom. The monoisotopic (exact) mass is 419 g/mol. The quantitative estimate of drug-likeness (QED) is 0.613. The molecule has 0 aromatic heterocycles. The molecule has 0 saturated heterocycles. The first-order chi connectivity index (χ1) is 9.93. The Morgan fingerprint density at radius 2 is 1.76 bits per heavy atom. The van der Waals surface area contributed by atoms with Crippen LogP contribution in [-0.2, 0) is 4.79 Å². The van der Waals surface area contributed by atoms with Gasteiger partial charge in [-0.15, -0.1) is 0 Å². The number of amides is 1. The smallest absolute Gasteiger partial charge is 0.326 e. The number of carboxylic acids is 1. The number of carboxylic acid groups (broad SMARTS) is 1. The summed E-state index contributed by atoms with van der Waals surface area (Å²) in [7, 11) is 0. The number of benzene rings is 1. The molecular formula is C15H19Br2NO3. The molecule has 2 N–H and O–H groups in total. The van der Waals surface area contributed by atoms with Gasteiger partial charge in [0.2, 0.25) is 0 Å². The average Bonchev–Trinajstić information content (AvgIpc) is 2.40. The van der Waals surface area contributed by atoms with Crippen LogP contribution in [-0.4, -0.2) is 23.0 Å². The van der Waals surface area contributed by atoms with E-state index in [1.54, 1.807) is 12.1 Å². The summed E-state index contributed by atoms with van der Waals surface area (Å²) >= 11 is 6.62. The molecule has 0 bridgehead atoms. The lowest BCUT2D eigenvalue weighted by molar-refractivity contribution is -0.139. The molecule has 1 rings (SSSR count). The Morgan fingerprint density at radius 1 is 1.14 bits per heavy atom. The van der Waals surface area contributed by atoms with Crippen molar-refractivity contribution in [3.8, 4) is 0 Å². The Kier molecular flexibility index (Phi) is 7.96. The lowest BCUT2D eigenvalue weighted by atomic mass is 10.1. The number of aliphatic carboxylic acids is 1. The minimum absolute atomic E-state index is 0.375. The van der Waals surface area contributed by atoms with Crippen LogP contribution < -0.4 is 5.32 Å². The number of halogens is 2. The molecule has 0 aliphatic rings. The maximum absolute atomic E-state index is 12.1. The van der Waals surface area contributed by atoms with Crippen LogP contribution in [0.5, 0.6) is 0 Å². The SMILES string of the molecule is CCCCCC[C@H](NC(=O)c1cc(Br)cc(Br)c1)C(=O)O. The third-order valence-corrected chi connectivity index (χ3v) is 3.99. The van der Waals surface area contributed by atoms with Crippen LogP contribution in [0.1, 0.15) is 49.4 Å². The molecule has 4 nitrogen and oxygen atoms in total. The van der Waals surface area contributed by atoms with E-state index in [4.69, 9.17) is 0 Å². The van der Waals surface area contributed by atoms with E-state index in [-0.39, 0.29) is 5.91 Å². The molecule has 0 aliphatic heterocycles. The molecule has 0 aliphatic carbocycles. The van der Waals surface area contributed by atoms with Crippen molar-refractivity contribution in [3.63, 3.8) is 0 Å². The zero-order valence-corrected chi connectivity index (χ0v) is 15.0. The van der Waals surface area contributed by atoms with E-state index in [2.05, 4.69) is 44.1 Å². The Hall–Kier alpha value is -0.880. The van der Waals surface area contributed by atoms with Gasteiger partial charge in [-0.1, -0.05) is 64.5 Å². The summed E-state index contributed by atoms with van der Waals surface area (Å²) in [5, 5.41) is 11.8. The lowest BCUT2D eigenvalue weighted by Gasteiger charge is -2.14. The van der Waals surface area contributed by atoms with Crippen molar-refractivity contribution < 1.29 is 14.7 Å². The summed E-state index contributed by atoms with van der Waals surface area (Å²) in [6.45, 7) is 2.10. The number of unbranched alkanes of at least 4 members (excludes halogenated alkanes) is 3. The molecule has 0 saturated carbocycles. The van der Waals surface area contributed by atoms with Crippen LogP contribution in [0.15, 0.2) is 27.1 Å². The lowest BCUT2D eigenvalue weighted by Crippen LogP contribution is -2.40.